The Hall–Kier alpha value is -0.0800. The maximum Gasteiger partial charge on any atom is 0.0707 e. The fourth-order valence-corrected chi connectivity index (χ4v) is 2.16. The summed E-state index contributed by atoms with van der Waals surface area (Å²) in [6, 6.07) is 0. The number of nitrogens with one attached hydrogen (secondary N) is 1. The normalized spacial score (nSPS) is 24.3. The third-order valence-corrected chi connectivity index (χ3v) is 2.99. The average molecular weight is 156 g/mol. The van der Waals surface area contributed by atoms with Crippen LogP contribution in [-0.2, 0) is 0 Å². The van der Waals surface area contributed by atoms with Crippen LogP contribution < -0.4 is 5.32 Å². The first kappa shape index (κ1) is 9.01. The van der Waals surface area contributed by atoms with E-state index in [4.69, 9.17) is 0 Å². The van der Waals surface area contributed by atoms with Crippen molar-refractivity contribution in [2.75, 3.05) is 19.6 Å². The Morgan fingerprint density at radius 3 is 2.27 bits per heavy atom. The van der Waals surface area contributed by atoms with Crippen LogP contribution in [0.2, 0.25) is 0 Å². The van der Waals surface area contributed by atoms with Gasteiger partial charge in [-0.05, 0) is 19.4 Å². The van der Waals surface area contributed by atoms with Crippen molar-refractivity contribution in [1.82, 2.24) is 10.2 Å². The Balaban J connectivity index is 2.63. The van der Waals surface area contributed by atoms with Crippen molar-refractivity contribution in [1.29, 1.82) is 0 Å². The first-order chi connectivity index (χ1) is 5.29. The molecule has 1 fully saturated rings. The van der Waals surface area contributed by atoms with Crippen molar-refractivity contribution in [2.45, 2.75) is 39.3 Å². The van der Waals surface area contributed by atoms with Crippen LogP contribution >= 0.6 is 0 Å². The molecule has 66 valence electrons. The quantitative estimate of drug-likeness (QED) is 0.665. The van der Waals surface area contributed by atoms with Gasteiger partial charge in [0, 0.05) is 13.1 Å². The van der Waals surface area contributed by atoms with Gasteiger partial charge in [0.15, 0.2) is 0 Å². The van der Waals surface area contributed by atoms with Crippen LogP contribution in [0.3, 0.4) is 0 Å². The summed E-state index contributed by atoms with van der Waals surface area (Å²) in [5, 5.41) is 3.60. The molecule has 0 aliphatic carbocycles. The molecule has 1 saturated heterocycles. The molecule has 0 saturated carbocycles. The highest BCUT2D eigenvalue weighted by Gasteiger charge is 2.35. The predicted octanol–water partition coefficient (Wildman–Crippen LogP) is 1.43. The fraction of sp³-hybridized carbons (Fsp3) is 1.00. The lowest BCUT2D eigenvalue weighted by molar-refractivity contribution is 0.115. The van der Waals surface area contributed by atoms with Gasteiger partial charge in [0.1, 0.15) is 0 Å². The molecule has 0 aromatic carbocycles. The molecule has 0 aromatic rings. The van der Waals surface area contributed by atoms with E-state index in [1.807, 2.05) is 0 Å². The molecule has 1 N–H and O–H groups in total. The first-order valence-electron chi connectivity index (χ1n) is 4.79. The Labute approximate surface area is 70.0 Å². The van der Waals surface area contributed by atoms with Crippen LogP contribution in [0.4, 0.5) is 0 Å². The van der Waals surface area contributed by atoms with E-state index in [1.54, 1.807) is 0 Å². The van der Waals surface area contributed by atoms with E-state index >= 15 is 0 Å². The van der Waals surface area contributed by atoms with Gasteiger partial charge in [-0.2, -0.15) is 0 Å². The summed E-state index contributed by atoms with van der Waals surface area (Å²) in [7, 11) is 0. The highest BCUT2D eigenvalue weighted by atomic mass is 15.4. The predicted molar refractivity (Wildman–Crippen MR) is 48.6 cm³/mol. The molecular formula is C9H20N2. The molecule has 0 spiro atoms. The molecule has 0 unspecified atom stereocenters. The number of hydrogen-bond donors (Lipinski definition) is 1. The summed E-state index contributed by atoms with van der Waals surface area (Å²) in [5.41, 5.74) is 0.328. The first-order valence-corrected chi connectivity index (χ1v) is 4.79. The zero-order valence-corrected chi connectivity index (χ0v) is 7.98. The Bertz CT molecular complexity index is 119. The highest BCUT2D eigenvalue weighted by Crippen LogP contribution is 2.23. The lowest BCUT2D eigenvalue weighted by Crippen LogP contribution is -2.50. The molecule has 0 bridgehead atoms. The minimum Gasteiger partial charge on any atom is -0.298 e. The number of nitrogens with zero attached hydrogens (tertiary/aromatic N) is 1. The van der Waals surface area contributed by atoms with E-state index in [0.717, 1.165) is 6.54 Å². The average Bonchev–Trinajstić information content (AvgIpc) is 2.47. The molecule has 1 aliphatic heterocycles. The number of rotatable bonds is 3. The van der Waals surface area contributed by atoms with E-state index in [1.165, 1.54) is 25.9 Å². The second kappa shape index (κ2) is 3.55. The number of likely N-dealkylation sites (N-methyl/N-ethyl adjacent to an activating group) is 1. The van der Waals surface area contributed by atoms with Gasteiger partial charge in [-0.1, -0.05) is 20.8 Å². The van der Waals surface area contributed by atoms with Crippen LogP contribution in [0.1, 0.15) is 33.6 Å². The topological polar surface area (TPSA) is 15.3 Å². The molecule has 1 aliphatic rings. The van der Waals surface area contributed by atoms with Crippen molar-refractivity contribution >= 4 is 0 Å². The van der Waals surface area contributed by atoms with E-state index < -0.39 is 0 Å². The van der Waals surface area contributed by atoms with Gasteiger partial charge in [-0.25, -0.2) is 0 Å². The molecule has 1 heterocycles. The lowest BCUT2D eigenvalue weighted by atomic mass is 10.0. The van der Waals surface area contributed by atoms with E-state index in [0.29, 0.717) is 5.66 Å². The van der Waals surface area contributed by atoms with E-state index in [2.05, 4.69) is 31.0 Å². The summed E-state index contributed by atoms with van der Waals surface area (Å²) in [4.78, 5) is 2.55. The van der Waals surface area contributed by atoms with E-state index in [-0.39, 0.29) is 0 Å². The van der Waals surface area contributed by atoms with Crippen molar-refractivity contribution in [3.8, 4) is 0 Å². The molecule has 2 heteroatoms. The van der Waals surface area contributed by atoms with Gasteiger partial charge >= 0.3 is 0 Å². The van der Waals surface area contributed by atoms with Gasteiger partial charge in [0.2, 0.25) is 0 Å². The Morgan fingerprint density at radius 2 is 1.91 bits per heavy atom. The fourth-order valence-electron chi connectivity index (χ4n) is 2.16. The van der Waals surface area contributed by atoms with Gasteiger partial charge < -0.3 is 0 Å². The zero-order chi connectivity index (χ0) is 8.32. The van der Waals surface area contributed by atoms with Crippen molar-refractivity contribution in [2.24, 2.45) is 0 Å². The van der Waals surface area contributed by atoms with Crippen molar-refractivity contribution in [3.05, 3.63) is 0 Å². The summed E-state index contributed by atoms with van der Waals surface area (Å²) < 4.78 is 0. The largest absolute Gasteiger partial charge is 0.298 e. The third kappa shape index (κ3) is 1.42. The van der Waals surface area contributed by atoms with Crippen molar-refractivity contribution < 1.29 is 0 Å². The molecule has 0 aromatic heterocycles. The highest BCUT2D eigenvalue weighted by molar-refractivity contribution is 4.91. The Morgan fingerprint density at radius 1 is 1.27 bits per heavy atom. The SMILES string of the molecule is CCN1CCNC1(CC)CC. The van der Waals surface area contributed by atoms with Crippen LogP contribution in [0.15, 0.2) is 0 Å². The summed E-state index contributed by atoms with van der Waals surface area (Å²) in [5.74, 6) is 0. The standard InChI is InChI=1S/C9H20N2/c1-4-9(5-2)10-7-8-11(9)6-3/h10H,4-8H2,1-3H3. The lowest BCUT2D eigenvalue weighted by Gasteiger charge is -2.36. The molecule has 11 heavy (non-hydrogen) atoms. The maximum absolute atomic E-state index is 3.60. The van der Waals surface area contributed by atoms with Crippen LogP contribution in [0, 0.1) is 0 Å². The third-order valence-electron chi connectivity index (χ3n) is 2.99. The van der Waals surface area contributed by atoms with Crippen LogP contribution in [0.25, 0.3) is 0 Å². The smallest absolute Gasteiger partial charge is 0.0707 e. The minimum absolute atomic E-state index is 0.328. The van der Waals surface area contributed by atoms with Crippen LogP contribution in [0.5, 0.6) is 0 Å². The summed E-state index contributed by atoms with van der Waals surface area (Å²) >= 11 is 0. The second-order valence-electron chi connectivity index (χ2n) is 3.25. The van der Waals surface area contributed by atoms with Crippen LogP contribution in [-0.4, -0.2) is 30.2 Å². The number of hydrogen-bond acceptors (Lipinski definition) is 2. The molecular weight excluding hydrogens is 136 g/mol. The van der Waals surface area contributed by atoms with Gasteiger partial charge in [-0.3, -0.25) is 10.2 Å². The Kier molecular flexibility index (Phi) is 2.90. The maximum atomic E-state index is 3.60. The molecule has 2 nitrogen and oxygen atoms in total. The molecule has 0 amide bonds. The van der Waals surface area contributed by atoms with Crippen molar-refractivity contribution in [3.63, 3.8) is 0 Å². The summed E-state index contributed by atoms with van der Waals surface area (Å²) in [6.07, 6.45) is 2.44. The van der Waals surface area contributed by atoms with Gasteiger partial charge in [-0.15, -0.1) is 0 Å². The van der Waals surface area contributed by atoms with Gasteiger partial charge in [0.05, 0.1) is 5.66 Å². The monoisotopic (exact) mass is 156 g/mol. The van der Waals surface area contributed by atoms with E-state index in [9.17, 15) is 0 Å². The molecule has 1 rings (SSSR count). The summed E-state index contributed by atoms with van der Waals surface area (Å²) in [6.45, 7) is 10.3. The van der Waals surface area contributed by atoms with Gasteiger partial charge in [0.25, 0.3) is 0 Å². The zero-order valence-electron chi connectivity index (χ0n) is 7.98. The minimum atomic E-state index is 0.328. The molecule has 0 radical (unpaired) electrons. The molecule has 0 atom stereocenters. The second-order valence-corrected chi connectivity index (χ2v) is 3.25.